The Bertz CT molecular complexity index is 586. The first kappa shape index (κ1) is 13.1. The fourth-order valence-electron chi connectivity index (χ4n) is 1.51. The van der Waals surface area contributed by atoms with Gasteiger partial charge in [0.05, 0.1) is 0 Å². The summed E-state index contributed by atoms with van der Waals surface area (Å²) in [5, 5.41) is 12.8. The third-order valence-corrected chi connectivity index (χ3v) is 5.07. The van der Waals surface area contributed by atoms with Gasteiger partial charge in [0.1, 0.15) is 5.82 Å². The van der Waals surface area contributed by atoms with Crippen LogP contribution in [0.1, 0.15) is 18.4 Å². The normalized spacial score (nSPS) is 14.6. The van der Waals surface area contributed by atoms with E-state index < -0.39 is 0 Å². The maximum atomic E-state index is 12.9. The van der Waals surface area contributed by atoms with Gasteiger partial charge in [0.15, 0.2) is 4.34 Å². The number of rotatable bonds is 5. The highest BCUT2D eigenvalue weighted by atomic mass is 35.5. The summed E-state index contributed by atoms with van der Waals surface area (Å²) in [5.41, 5.74) is 0.903. The smallest absolute Gasteiger partial charge is 0.206 e. The van der Waals surface area contributed by atoms with Crippen LogP contribution in [0.25, 0.3) is 0 Å². The van der Waals surface area contributed by atoms with Gasteiger partial charge in [-0.2, -0.15) is 0 Å². The van der Waals surface area contributed by atoms with Crippen molar-refractivity contribution in [3.63, 3.8) is 0 Å². The third-order valence-electron chi connectivity index (χ3n) is 2.68. The van der Waals surface area contributed by atoms with Crippen LogP contribution in [0.3, 0.4) is 0 Å². The molecular formula is C12H11ClFN3S2. The second-order valence-electron chi connectivity index (χ2n) is 4.32. The van der Waals surface area contributed by atoms with Crippen LogP contribution in [0.2, 0.25) is 5.02 Å². The number of nitrogens with zero attached hydrogens (tertiary/aromatic N) is 2. The van der Waals surface area contributed by atoms with Crippen molar-refractivity contribution in [2.75, 3.05) is 5.32 Å². The maximum absolute atomic E-state index is 12.9. The summed E-state index contributed by atoms with van der Waals surface area (Å²) in [5.74, 6) is 0.350. The molecule has 2 aromatic rings. The lowest BCUT2D eigenvalue weighted by Crippen LogP contribution is -1.99. The van der Waals surface area contributed by atoms with Crippen molar-refractivity contribution in [1.82, 2.24) is 10.2 Å². The molecule has 0 aliphatic heterocycles. The molecular weight excluding hydrogens is 305 g/mol. The zero-order chi connectivity index (χ0) is 13.2. The fraction of sp³-hybridized carbons (Fsp3) is 0.333. The SMILES string of the molecule is Fc1ccc(CSc2nnc(NC3CC3)s2)c(Cl)c1. The van der Waals surface area contributed by atoms with Crippen LogP contribution in [-0.2, 0) is 5.75 Å². The molecule has 0 atom stereocenters. The molecule has 1 fully saturated rings. The average Bonchev–Trinajstić information content (AvgIpc) is 3.06. The summed E-state index contributed by atoms with van der Waals surface area (Å²) < 4.78 is 13.8. The van der Waals surface area contributed by atoms with Crippen molar-refractivity contribution in [3.05, 3.63) is 34.6 Å². The Morgan fingerprint density at radius 2 is 2.26 bits per heavy atom. The van der Waals surface area contributed by atoms with Gasteiger partial charge in [0.25, 0.3) is 0 Å². The van der Waals surface area contributed by atoms with Crippen molar-refractivity contribution in [3.8, 4) is 0 Å². The number of benzene rings is 1. The molecule has 0 amide bonds. The number of thioether (sulfide) groups is 1. The quantitative estimate of drug-likeness (QED) is 0.839. The van der Waals surface area contributed by atoms with Crippen molar-refractivity contribution >= 4 is 39.8 Å². The fourth-order valence-corrected chi connectivity index (χ4v) is 3.65. The molecule has 0 bridgehead atoms. The van der Waals surface area contributed by atoms with E-state index in [0.717, 1.165) is 15.0 Å². The molecule has 1 aliphatic carbocycles. The standard InChI is InChI=1S/C12H11ClFN3S2/c13-10-5-8(14)2-1-7(10)6-18-12-17-16-11(19-12)15-9-3-4-9/h1-2,5,9H,3-4,6H2,(H,15,16). The molecule has 1 N–H and O–H groups in total. The highest BCUT2D eigenvalue weighted by Crippen LogP contribution is 2.32. The van der Waals surface area contributed by atoms with Crippen LogP contribution in [-0.4, -0.2) is 16.2 Å². The number of hydrogen-bond donors (Lipinski definition) is 1. The Hall–Kier alpha value is -0.850. The summed E-state index contributed by atoms with van der Waals surface area (Å²) in [6, 6.07) is 5.03. The van der Waals surface area contributed by atoms with E-state index in [2.05, 4.69) is 15.5 Å². The molecule has 1 aromatic heterocycles. The van der Waals surface area contributed by atoms with Gasteiger partial charge in [-0.25, -0.2) is 4.39 Å². The first-order valence-electron chi connectivity index (χ1n) is 5.87. The van der Waals surface area contributed by atoms with Crippen molar-refractivity contribution in [2.24, 2.45) is 0 Å². The lowest BCUT2D eigenvalue weighted by Gasteiger charge is -2.01. The van der Waals surface area contributed by atoms with Gasteiger partial charge in [-0.3, -0.25) is 0 Å². The molecule has 0 saturated heterocycles. The first-order valence-corrected chi connectivity index (χ1v) is 8.05. The van der Waals surface area contributed by atoms with E-state index in [-0.39, 0.29) is 5.82 Å². The molecule has 1 aromatic carbocycles. The van der Waals surface area contributed by atoms with E-state index in [9.17, 15) is 4.39 Å². The van der Waals surface area contributed by atoms with E-state index in [1.54, 1.807) is 29.2 Å². The van der Waals surface area contributed by atoms with Gasteiger partial charge in [0.2, 0.25) is 5.13 Å². The minimum atomic E-state index is -0.314. The molecule has 0 spiro atoms. The Kier molecular flexibility index (Phi) is 3.91. The second-order valence-corrected chi connectivity index (χ2v) is 6.92. The van der Waals surface area contributed by atoms with E-state index in [0.29, 0.717) is 16.8 Å². The van der Waals surface area contributed by atoms with Gasteiger partial charge in [-0.1, -0.05) is 40.8 Å². The Morgan fingerprint density at radius 3 is 3.00 bits per heavy atom. The molecule has 3 nitrogen and oxygen atoms in total. The second kappa shape index (κ2) is 5.64. The summed E-state index contributed by atoms with van der Waals surface area (Å²) in [6.45, 7) is 0. The molecule has 1 saturated carbocycles. The van der Waals surface area contributed by atoms with Gasteiger partial charge in [-0.15, -0.1) is 10.2 Å². The monoisotopic (exact) mass is 315 g/mol. The van der Waals surface area contributed by atoms with E-state index in [1.165, 1.54) is 25.0 Å². The lowest BCUT2D eigenvalue weighted by molar-refractivity contribution is 0.627. The highest BCUT2D eigenvalue weighted by Gasteiger charge is 2.22. The van der Waals surface area contributed by atoms with Crippen molar-refractivity contribution in [1.29, 1.82) is 0 Å². The van der Waals surface area contributed by atoms with Crippen LogP contribution in [0.5, 0.6) is 0 Å². The minimum absolute atomic E-state index is 0.314. The zero-order valence-corrected chi connectivity index (χ0v) is 12.3. The largest absolute Gasteiger partial charge is 0.357 e. The van der Waals surface area contributed by atoms with Crippen LogP contribution in [0.4, 0.5) is 9.52 Å². The predicted octanol–water partition coefficient (Wildman–Crippen LogP) is 4.20. The van der Waals surface area contributed by atoms with Gasteiger partial charge in [0, 0.05) is 16.8 Å². The Labute approximate surface area is 123 Å². The molecule has 1 aliphatic rings. The first-order chi connectivity index (χ1) is 9.20. The summed E-state index contributed by atoms with van der Waals surface area (Å²) in [6.07, 6.45) is 2.43. The summed E-state index contributed by atoms with van der Waals surface area (Å²) >= 11 is 9.08. The molecule has 1 heterocycles. The van der Waals surface area contributed by atoms with Gasteiger partial charge >= 0.3 is 0 Å². The van der Waals surface area contributed by atoms with Crippen molar-refractivity contribution < 1.29 is 4.39 Å². The third kappa shape index (κ3) is 3.58. The van der Waals surface area contributed by atoms with Crippen LogP contribution in [0.15, 0.2) is 22.5 Å². The van der Waals surface area contributed by atoms with E-state index in [4.69, 9.17) is 11.6 Å². The summed E-state index contributed by atoms with van der Waals surface area (Å²) in [7, 11) is 0. The van der Waals surface area contributed by atoms with Gasteiger partial charge < -0.3 is 5.32 Å². The number of aromatic nitrogens is 2. The van der Waals surface area contributed by atoms with Crippen LogP contribution >= 0.6 is 34.7 Å². The van der Waals surface area contributed by atoms with Crippen molar-refractivity contribution in [2.45, 2.75) is 29.0 Å². The summed E-state index contributed by atoms with van der Waals surface area (Å²) in [4.78, 5) is 0. The zero-order valence-electron chi connectivity index (χ0n) is 9.90. The molecule has 0 radical (unpaired) electrons. The number of nitrogens with one attached hydrogen (secondary N) is 1. The molecule has 3 rings (SSSR count). The molecule has 7 heteroatoms. The highest BCUT2D eigenvalue weighted by molar-refractivity contribution is 8.00. The predicted molar refractivity (Wildman–Crippen MR) is 77.5 cm³/mol. The van der Waals surface area contributed by atoms with Crippen LogP contribution < -0.4 is 5.32 Å². The number of anilines is 1. The number of hydrogen-bond acceptors (Lipinski definition) is 5. The Balaban J connectivity index is 1.60. The number of halogens is 2. The van der Waals surface area contributed by atoms with E-state index in [1.807, 2.05) is 0 Å². The Morgan fingerprint density at radius 1 is 1.42 bits per heavy atom. The van der Waals surface area contributed by atoms with E-state index >= 15 is 0 Å². The van der Waals surface area contributed by atoms with Gasteiger partial charge in [-0.05, 0) is 30.5 Å². The average molecular weight is 316 g/mol. The van der Waals surface area contributed by atoms with Crippen LogP contribution in [0, 0.1) is 5.82 Å². The minimum Gasteiger partial charge on any atom is -0.357 e. The lowest BCUT2D eigenvalue weighted by atomic mass is 10.2. The molecule has 100 valence electrons. The topological polar surface area (TPSA) is 37.8 Å². The molecule has 0 unspecified atom stereocenters. The maximum Gasteiger partial charge on any atom is 0.206 e. The molecule has 19 heavy (non-hydrogen) atoms.